The number of aromatic nitrogens is 2. The molecule has 0 spiro atoms. The number of aryl methyl sites for hydroxylation is 1. The molecule has 1 unspecified atom stereocenters. The number of carbonyl (C=O) groups excluding carboxylic acids is 3. The van der Waals surface area contributed by atoms with Crippen LogP contribution in [0.2, 0.25) is 0 Å². The van der Waals surface area contributed by atoms with Crippen LogP contribution in [0.15, 0.2) is 85.5 Å². The Balaban J connectivity index is 1.34. The minimum Gasteiger partial charge on any atom is -0.337 e. The number of rotatable bonds is 8. The molecular formula is C32H33N5O3S. The summed E-state index contributed by atoms with van der Waals surface area (Å²) in [5.41, 5.74) is 1.01. The molecule has 41 heavy (non-hydrogen) atoms. The molecule has 0 bridgehead atoms. The normalized spacial score (nSPS) is 19.4. The van der Waals surface area contributed by atoms with Crippen LogP contribution in [0.1, 0.15) is 34.8 Å². The number of thioether (sulfide) groups is 1. The second kappa shape index (κ2) is 11.4. The van der Waals surface area contributed by atoms with Crippen LogP contribution >= 0.6 is 11.8 Å². The fourth-order valence-corrected chi connectivity index (χ4v) is 6.80. The zero-order valence-electron chi connectivity index (χ0n) is 23.1. The van der Waals surface area contributed by atoms with Gasteiger partial charge in [-0.15, -0.1) is 0 Å². The lowest BCUT2D eigenvalue weighted by atomic mass is 9.86. The fraction of sp³-hybridized carbons (Fsp3) is 0.312. The molecule has 2 saturated heterocycles. The first-order valence-corrected chi connectivity index (χ1v) is 15.2. The lowest BCUT2D eigenvalue weighted by Gasteiger charge is -2.33. The first kappa shape index (κ1) is 27.1. The Morgan fingerprint density at radius 2 is 1.76 bits per heavy atom. The summed E-state index contributed by atoms with van der Waals surface area (Å²) >= 11 is 1.86. The monoisotopic (exact) mass is 567 g/mol. The molecule has 8 nitrogen and oxygen atoms in total. The lowest BCUT2D eigenvalue weighted by molar-refractivity contribution is -0.133. The SMILES string of the molecule is CC1(c2cccc3ccccc23)C(=O)N(CCCn2ccnc2)C(=O)N1Cc1cccc(C(=O)N2CCSCC2)c1. The summed E-state index contributed by atoms with van der Waals surface area (Å²) < 4.78 is 1.94. The molecule has 0 saturated carbocycles. The number of nitrogens with zero attached hydrogens (tertiary/aromatic N) is 5. The second-order valence-corrected chi connectivity index (χ2v) is 11.9. The number of fused-ring (bicyclic) bond motifs is 1. The zero-order valence-corrected chi connectivity index (χ0v) is 23.9. The molecule has 2 fully saturated rings. The highest BCUT2D eigenvalue weighted by Crippen LogP contribution is 2.41. The van der Waals surface area contributed by atoms with E-state index in [4.69, 9.17) is 0 Å². The molecule has 3 aromatic carbocycles. The van der Waals surface area contributed by atoms with Crippen molar-refractivity contribution in [1.29, 1.82) is 0 Å². The first-order valence-electron chi connectivity index (χ1n) is 14.0. The van der Waals surface area contributed by atoms with Crippen molar-refractivity contribution in [2.75, 3.05) is 31.1 Å². The minimum atomic E-state index is -1.21. The van der Waals surface area contributed by atoms with E-state index >= 15 is 0 Å². The first-order chi connectivity index (χ1) is 20.0. The van der Waals surface area contributed by atoms with Gasteiger partial charge in [-0.05, 0) is 47.4 Å². The van der Waals surface area contributed by atoms with E-state index in [1.807, 2.05) is 101 Å². The minimum absolute atomic E-state index is 0.00826. The molecule has 1 atom stereocenters. The van der Waals surface area contributed by atoms with Crippen molar-refractivity contribution in [1.82, 2.24) is 24.3 Å². The maximum atomic E-state index is 14.2. The van der Waals surface area contributed by atoms with E-state index in [1.165, 1.54) is 4.90 Å². The number of hydrogen-bond donors (Lipinski definition) is 0. The van der Waals surface area contributed by atoms with Crippen LogP contribution in [-0.4, -0.2) is 73.2 Å². The summed E-state index contributed by atoms with van der Waals surface area (Å²) in [4.78, 5) is 50.5. The molecule has 2 aliphatic heterocycles. The standard InChI is InChI=1S/C32H33N5O3S/c1-32(28-12-5-9-25-8-2-3-11-27(25)28)30(39)36(15-6-14-34-16-13-33-23-34)31(40)37(32)22-24-7-4-10-26(21-24)29(38)35-17-19-41-20-18-35/h2-5,7-13,16,21,23H,6,14-15,17-20,22H2,1H3. The predicted octanol–water partition coefficient (Wildman–Crippen LogP) is 5.00. The lowest BCUT2D eigenvalue weighted by Crippen LogP contribution is -2.44. The second-order valence-electron chi connectivity index (χ2n) is 10.7. The third-order valence-corrected chi connectivity index (χ3v) is 9.09. The van der Waals surface area contributed by atoms with E-state index < -0.39 is 5.54 Å². The van der Waals surface area contributed by atoms with Crippen LogP contribution in [0.5, 0.6) is 0 Å². The van der Waals surface area contributed by atoms with Crippen molar-refractivity contribution >= 4 is 40.4 Å². The molecule has 4 aromatic rings. The van der Waals surface area contributed by atoms with E-state index in [9.17, 15) is 14.4 Å². The Labute approximate surface area is 243 Å². The zero-order chi connectivity index (χ0) is 28.4. The van der Waals surface area contributed by atoms with Crippen molar-refractivity contribution in [3.05, 3.63) is 102 Å². The van der Waals surface area contributed by atoms with E-state index in [0.29, 0.717) is 25.1 Å². The van der Waals surface area contributed by atoms with Crippen molar-refractivity contribution in [3.63, 3.8) is 0 Å². The summed E-state index contributed by atoms with van der Waals surface area (Å²) in [6, 6.07) is 21.0. The van der Waals surface area contributed by atoms with Crippen molar-refractivity contribution in [2.24, 2.45) is 0 Å². The Hall–Kier alpha value is -4.11. The van der Waals surface area contributed by atoms with E-state index in [-0.39, 0.29) is 24.4 Å². The number of hydrogen-bond acceptors (Lipinski definition) is 5. The Morgan fingerprint density at radius 3 is 2.56 bits per heavy atom. The van der Waals surface area contributed by atoms with Crippen LogP contribution in [-0.2, 0) is 23.4 Å². The Bertz CT molecular complexity index is 1580. The van der Waals surface area contributed by atoms with Gasteiger partial charge in [0, 0.05) is 62.2 Å². The number of imidazole rings is 1. The molecule has 210 valence electrons. The average Bonchev–Trinajstić information content (AvgIpc) is 3.60. The topological polar surface area (TPSA) is 78.8 Å². The van der Waals surface area contributed by atoms with Gasteiger partial charge in [-0.1, -0.05) is 54.6 Å². The molecule has 0 N–H and O–H groups in total. The molecule has 6 rings (SSSR count). The van der Waals surface area contributed by atoms with Gasteiger partial charge in [-0.25, -0.2) is 9.78 Å². The smallest absolute Gasteiger partial charge is 0.328 e. The molecule has 2 aliphatic rings. The Kier molecular flexibility index (Phi) is 7.53. The summed E-state index contributed by atoms with van der Waals surface area (Å²) in [7, 11) is 0. The van der Waals surface area contributed by atoms with Crippen LogP contribution in [0, 0.1) is 0 Å². The van der Waals surface area contributed by atoms with Crippen molar-refractivity contribution in [3.8, 4) is 0 Å². The Morgan fingerprint density at radius 1 is 0.976 bits per heavy atom. The van der Waals surface area contributed by atoms with Crippen LogP contribution in [0.25, 0.3) is 10.8 Å². The molecule has 9 heteroatoms. The van der Waals surface area contributed by atoms with Gasteiger partial charge in [-0.2, -0.15) is 11.8 Å². The van der Waals surface area contributed by atoms with Gasteiger partial charge < -0.3 is 14.4 Å². The summed E-state index contributed by atoms with van der Waals surface area (Å²) in [5.74, 6) is 1.66. The van der Waals surface area contributed by atoms with Crippen LogP contribution in [0.4, 0.5) is 4.79 Å². The maximum absolute atomic E-state index is 14.2. The highest BCUT2D eigenvalue weighted by molar-refractivity contribution is 7.99. The highest BCUT2D eigenvalue weighted by atomic mass is 32.2. The quantitative estimate of drug-likeness (QED) is 0.280. The number of amides is 4. The number of carbonyl (C=O) groups is 3. The van der Waals surface area contributed by atoms with Gasteiger partial charge in [0.1, 0.15) is 5.54 Å². The summed E-state index contributed by atoms with van der Waals surface area (Å²) in [5, 5.41) is 1.95. The third kappa shape index (κ3) is 5.10. The highest BCUT2D eigenvalue weighted by Gasteiger charge is 2.55. The van der Waals surface area contributed by atoms with Crippen molar-refractivity contribution in [2.45, 2.75) is 32.0 Å². The van der Waals surface area contributed by atoms with Gasteiger partial charge in [0.2, 0.25) is 0 Å². The van der Waals surface area contributed by atoms with E-state index in [0.717, 1.165) is 46.5 Å². The third-order valence-electron chi connectivity index (χ3n) is 8.15. The van der Waals surface area contributed by atoms with Gasteiger partial charge >= 0.3 is 6.03 Å². The summed E-state index contributed by atoms with van der Waals surface area (Å²) in [6.07, 6.45) is 5.94. The summed E-state index contributed by atoms with van der Waals surface area (Å²) in [6.45, 7) is 4.49. The van der Waals surface area contributed by atoms with Crippen molar-refractivity contribution < 1.29 is 14.4 Å². The van der Waals surface area contributed by atoms with E-state index in [2.05, 4.69) is 4.98 Å². The van der Waals surface area contributed by atoms with E-state index in [1.54, 1.807) is 17.4 Å². The number of urea groups is 1. The molecular weight excluding hydrogens is 534 g/mol. The molecule has 3 heterocycles. The van der Waals surface area contributed by atoms with Gasteiger partial charge in [-0.3, -0.25) is 14.5 Å². The molecule has 1 aromatic heterocycles. The van der Waals surface area contributed by atoms with Crippen LogP contribution < -0.4 is 0 Å². The molecule has 0 aliphatic carbocycles. The maximum Gasteiger partial charge on any atom is 0.328 e. The largest absolute Gasteiger partial charge is 0.337 e. The number of imide groups is 1. The average molecular weight is 568 g/mol. The fourth-order valence-electron chi connectivity index (χ4n) is 5.90. The van der Waals surface area contributed by atoms with Gasteiger partial charge in [0.15, 0.2) is 0 Å². The number of benzene rings is 3. The molecule has 0 radical (unpaired) electrons. The predicted molar refractivity (Wildman–Crippen MR) is 160 cm³/mol. The molecule has 4 amide bonds. The van der Waals surface area contributed by atoms with Gasteiger partial charge in [0.05, 0.1) is 6.33 Å². The van der Waals surface area contributed by atoms with Gasteiger partial charge in [0.25, 0.3) is 11.8 Å². The van der Waals surface area contributed by atoms with Crippen LogP contribution in [0.3, 0.4) is 0 Å².